The first-order chi connectivity index (χ1) is 10.1. The largest absolute Gasteiger partial charge is 0.374 e. The van der Waals surface area contributed by atoms with Gasteiger partial charge in [-0.2, -0.15) is 11.8 Å². The number of benzene rings is 1. The van der Waals surface area contributed by atoms with E-state index in [1.54, 1.807) is 0 Å². The van der Waals surface area contributed by atoms with Crippen molar-refractivity contribution in [1.82, 2.24) is 5.43 Å². The fraction of sp³-hybridized carbons (Fsp3) is 0.600. The van der Waals surface area contributed by atoms with Crippen LogP contribution in [0, 0.1) is 5.92 Å². The SMILES string of the molecule is NNC(c1ccc(Br)c(Cl)c1)C1CCOC2(CCSC2)C1. The maximum Gasteiger partial charge on any atom is 0.0783 e. The van der Waals surface area contributed by atoms with Gasteiger partial charge >= 0.3 is 0 Å². The normalized spacial score (nSPS) is 30.7. The molecule has 2 fully saturated rings. The summed E-state index contributed by atoms with van der Waals surface area (Å²) < 4.78 is 7.02. The topological polar surface area (TPSA) is 47.3 Å². The second-order valence-electron chi connectivity index (χ2n) is 5.90. The van der Waals surface area contributed by atoms with Crippen LogP contribution >= 0.6 is 39.3 Å². The van der Waals surface area contributed by atoms with Crippen molar-refractivity contribution < 1.29 is 4.74 Å². The highest BCUT2D eigenvalue weighted by Gasteiger charge is 2.42. The van der Waals surface area contributed by atoms with Crippen molar-refractivity contribution in [3.8, 4) is 0 Å². The lowest BCUT2D eigenvalue weighted by atomic mass is 9.79. The van der Waals surface area contributed by atoms with Crippen molar-refractivity contribution in [2.24, 2.45) is 11.8 Å². The van der Waals surface area contributed by atoms with Crippen molar-refractivity contribution in [3.63, 3.8) is 0 Å². The fourth-order valence-electron chi connectivity index (χ4n) is 3.42. The van der Waals surface area contributed by atoms with Gasteiger partial charge in [0.25, 0.3) is 0 Å². The molecule has 21 heavy (non-hydrogen) atoms. The number of ether oxygens (including phenoxy) is 1. The first-order valence-corrected chi connectivity index (χ1v) is 9.59. The van der Waals surface area contributed by atoms with Crippen LogP contribution in [0.1, 0.15) is 30.9 Å². The molecular weight excluding hydrogens is 372 g/mol. The second kappa shape index (κ2) is 6.77. The molecule has 6 heteroatoms. The maximum atomic E-state index is 6.23. The van der Waals surface area contributed by atoms with Gasteiger partial charge in [0, 0.05) is 22.9 Å². The van der Waals surface area contributed by atoms with E-state index < -0.39 is 0 Å². The summed E-state index contributed by atoms with van der Waals surface area (Å²) in [6.45, 7) is 0.827. The van der Waals surface area contributed by atoms with Gasteiger partial charge < -0.3 is 4.74 Å². The summed E-state index contributed by atoms with van der Waals surface area (Å²) in [5, 5.41) is 0.728. The summed E-state index contributed by atoms with van der Waals surface area (Å²) in [5.41, 5.74) is 4.23. The van der Waals surface area contributed by atoms with Crippen LogP contribution in [0.5, 0.6) is 0 Å². The van der Waals surface area contributed by atoms with Crippen LogP contribution in [0.25, 0.3) is 0 Å². The van der Waals surface area contributed by atoms with Gasteiger partial charge in [-0.3, -0.25) is 11.3 Å². The molecule has 2 aliphatic heterocycles. The molecular formula is C15H20BrClN2OS. The molecule has 1 aromatic rings. The minimum atomic E-state index is 0.0713. The first kappa shape index (κ1) is 16.1. The Balaban J connectivity index is 1.80. The van der Waals surface area contributed by atoms with E-state index in [1.807, 2.05) is 23.9 Å². The number of nitrogens with two attached hydrogens (primary N) is 1. The van der Waals surface area contributed by atoms with Crippen molar-refractivity contribution >= 4 is 39.3 Å². The Morgan fingerprint density at radius 3 is 3.05 bits per heavy atom. The fourth-order valence-corrected chi connectivity index (χ4v) is 5.24. The first-order valence-electron chi connectivity index (χ1n) is 7.26. The molecule has 116 valence electrons. The van der Waals surface area contributed by atoms with Crippen LogP contribution in [0.2, 0.25) is 5.02 Å². The molecule has 2 aliphatic rings. The van der Waals surface area contributed by atoms with Crippen LogP contribution in [0.3, 0.4) is 0 Å². The van der Waals surface area contributed by atoms with E-state index >= 15 is 0 Å². The highest BCUT2D eigenvalue weighted by Crippen LogP contribution is 2.44. The Labute approximate surface area is 143 Å². The van der Waals surface area contributed by atoms with Gasteiger partial charge in [-0.1, -0.05) is 17.7 Å². The van der Waals surface area contributed by atoms with Gasteiger partial charge in [-0.15, -0.1) is 0 Å². The molecule has 0 aromatic heterocycles. The van der Waals surface area contributed by atoms with Gasteiger partial charge in [0.1, 0.15) is 0 Å². The second-order valence-corrected chi connectivity index (χ2v) is 8.27. The highest BCUT2D eigenvalue weighted by molar-refractivity contribution is 9.10. The van der Waals surface area contributed by atoms with Crippen molar-refractivity contribution in [3.05, 3.63) is 33.3 Å². The summed E-state index contributed by atoms with van der Waals surface area (Å²) in [6.07, 6.45) is 3.27. The number of rotatable bonds is 3. The lowest BCUT2D eigenvalue weighted by Gasteiger charge is -2.41. The van der Waals surface area contributed by atoms with E-state index in [0.717, 1.165) is 46.7 Å². The van der Waals surface area contributed by atoms with Gasteiger partial charge in [0.05, 0.1) is 10.6 Å². The van der Waals surface area contributed by atoms with Gasteiger partial charge in [-0.05, 0) is 64.6 Å². The highest BCUT2D eigenvalue weighted by atomic mass is 79.9. The Morgan fingerprint density at radius 1 is 1.52 bits per heavy atom. The van der Waals surface area contributed by atoms with Crippen LogP contribution in [-0.4, -0.2) is 23.7 Å². The smallest absolute Gasteiger partial charge is 0.0783 e. The molecule has 3 nitrogen and oxygen atoms in total. The zero-order chi connectivity index (χ0) is 14.9. The summed E-state index contributed by atoms with van der Waals surface area (Å²) in [7, 11) is 0. The van der Waals surface area contributed by atoms with Crippen LogP contribution < -0.4 is 11.3 Å². The lowest BCUT2D eigenvalue weighted by molar-refractivity contribution is -0.0854. The maximum absolute atomic E-state index is 6.23. The predicted molar refractivity (Wildman–Crippen MR) is 92.6 cm³/mol. The van der Waals surface area contributed by atoms with E-state index in [0.29, 0.717) is 5.92 Å². The summed E-state index contributed by atoms with van der Waals surface area (Å²) in [4.78, 5) is 0. The molecule has 0 saturated carbocycles. The van der Waals surface area contributed by atoms with Crippen molar-refractivity contribution in [1.29, 1.82) is 0 Å². The number of hydrazine groups is 1. The Kier molecular flexibility index (Phi) is 5.19. The minimum Gasteiger partial charge on any atom is -0.374 e. The quantitative estimate of drug-likeness (QED) is 0.606. The van der Waals surface area contributed by atoms with Crippen molar-refractivity contribution in [2.45, 2.75) is 30.9 Å². The number of hydrogen-bond acceptors (Lipinski definition) is 4. The van der Waals surface area contributed by atoms with E-state index in [9.17, 15) is 0 Å². The molecule has 3 unspecified atom stereocenters. The molecule has 0 aliphatic carbocycles. The number of nitrogens with one attached hydrogen (secondary N) is 1. The van der Waals surface area contributed by atoms with Crippen LogP contribution in [-0.2, 0) is 4.74 Å². The molecule has 0 bridgehead atoms. The average Bonchev–Trinajstić information content (AvgIpc) is 2.91. The molecule has 3 atom stereocenters. The molecule has 3 N–H and O–H groups in total. The molecule has 3 rings (SSSR count). The molecule has 1 aromatic carbocycles. The Bertz CT molecular complexity index is 510. The Hall–Kier alpha value is 0.220. The monoisotopic (exact) mass is 390 g/mol. The zero-order valence-corrected chi connectivity index (χ0v) is 14.9. The number of thioether (sulfide) groups is 1. The molecule has 0 amide bonds. The molecule has 2 saturated heterocycles. The third kappa shape index (κ3) is 3.43. The number of hydrogen-bond donors (Lipinski definition) is 2. The summed E-state index contributed by atoms with van der Waals surface area (Å²) in [6, 6.07) is 6.21. The van der Waals surface area contributed by atoms with Crippen molar-refractivity contribution in [2.75, 3.05) is 18.1 Å². The van der Waals surface area contributed by atoms with E-state index in [2.05, 4.69) is 27.4 Å². The molecule has 1 spiro atoms. The lowest BCUT2D eigenvalue weighted by Crippen LogP contribution is -2.45. The van der Waals surface area contributed by atoms with E-state index in [4.69, 9.17) is 22.2 Å². The Morgan fingerprint density at radius 2 is 2.38 bits per heavy atom. The van der Waals surface area contributed by atoms with Gasteiger partial charge in [-0.25, -0.2) is 0 Å². The van der Waals surface area contributed by atoms with Crippen LogP contribution in [0.4, 0.5) is 0 Å². The third-order valence-electron chi connectivity index (χ3n) is 4.55. The molecule has 2 heterocycles. The summed E-state index contributed by atoms with van der Waals surface area (Å²) in [5.74, 6) is 8.66. The summed E-state index contributed by atoms with van der Waals surface area (Å²) >= 11 is 11.7. The van der Waals surface area contributed by atoms with Gasteiger partial charge in [0.2, 0.25) is 0 Å². The van der Waals surface area contributed by atoms with Crippen LogP contribution in [0.15, 0.2) is 22.7 Å². The standard InChI is InChI=1S/C15H20BrClN2OS/c16-12-2-1-10(7-13(12)17)14(19-18)11-3-5-20-15(8-11)4-6-21-9-15/h1-2,7,11,14,19H,3-6,8-9,18H2. The third-order valence-corrected chi connectivity index (χ3v) is 7.01. The zero-order valence-electron chi connectivity index (χ0n) is 11.8. The van der Waals surface area contributed by atoms with Gasteiger partial charge in [0.15, 0.2) is 0 Å². The molecule has 0 radical (unpaired) electrons. The van der Waals surface area contributed by atoms with E-state index in [1.165, 1.54) is 5.75 Å². The average molecular weight is 392 g/mol. The number of halogens is 2. The minimum absolute atomic E-state index is 0.0713. The van der Waals surface area contributed by atoms with E-state index in [-0.39, 0.29) is 11.6 Å². The predicted octanol–water partition coefficient (Wildman–Crippen LogP) is 3.91.